The van der Waals surface area contributed by atoms with E-state index in [1.807, 2.05) is 0 Å². The van der Waals surface area contributed by atoms with Crippen LogP contribution in [0.5, 0.6) is 0 Å². The topological polar surface area (TPSA) is 156 Å². The highest BCUT2D eigenvalue weighted by Gasteiger charge is 2.33. The van der Waals surface area contributed by atoms with Gasteiger partial charge in [-0.3, -0.25) is 4.55 Å². The van der Waals surface area contributed by atoms with Gasteiger partial charge < -0.3 is 25.6 Å². The van der Waals surface area contributed by atoms with Crippen LogP contribution in [0.2, 0.25) is 0 Å². The third-order valence-corrected chi connectivity index (χ3v) is 3.86. The monoisotopic (exact) mass is 295 g/mol. The molecule has 1 aromatic heterocycles. The van der Waals surface area contributed by atoms with Gasteiger partial charge in [-0.1, -0.05) is 0 Å². The highest BCUT2D eigenvalue weighted by atomic mass is 32.2. The van der Waals surface area contributed by atoms with Crippen LogP contribution in [0.1, 0.15) is 11.1 Å². The summed E-state index contributed by atoms with van der Waals surface area (Å²) in [6.07, 6.45) is 2.72. The van der Waals surface area contributed by atoms with Gasteiger partial charge in [0, 0.05) is 18.9 Å². The molecule has 1 atom stereocenters. The molecule has 0 aliphatic rings. The van der Waals surface area contributed by atoms with Gasteiger partial charge in [0.15, 0.2) is 5.25 Å². The quantitative estimate of drug-likeness (QED) is 0.291. The summed E-state index contributed by atoms with van der Waals surface area (Å²) < 4.78 is 31.7. The molecule has 19 heavy (non-hydrogen) atoms. The number of rotatable bonds is 8. The molecule has 0 radical (unpaired) electrons. The zero-order valence-electron chi connectivity index (χ0n) is 10.0. The summed E-state index contributed by atoms with van der Waals surface area (Å²) in [5.74, 6) is 0.0118. The lowest BCUT2D eigenvalue weighted by molar-refractivity contribution is 0.0426. The predicted molar refractivity (Wildman–Crippen MR) is 64.9 cm³/mol. The van der Waals surface area contributed by atoms with E-state index in [9.17, 15) is 8.42 Å². The van der Waals surface area contributed by atoms with E-state index in [1.165, 1.54) is 12.4 Å². The van der Waals surface area contributed by atoms with Gasteiger partial charge in [-0.15, -0.1) is 0 Å². The molecule has 0 bridgehead atoms. The molecule has 6 N–H and O–H groups in total. The van der Waals surface area contributed by atoms with Gasteiger partial charge >= 0.3 is 0 Å². The van der Waals surface area contributed by atoms with Crippen LogP contribution in [-0.4, -0.2) is 70.2 Å². The van der Waals surface area contributed by atoms with Crippen LogP contribution in [0.25, 0.3) is 0 Å². The Hall–Kier alpha value is -1.04. The van der Waals surface area contributed by atoms with Crippen LogP contribution < -0.4 is 5.32 Å². The minimum absolute atomic E-state index is 0.0118. The molecule has 0 saturated carbocycles. The lowest BCUT2D eigenvalue weighted by atomic mass is 10.0. The number of aliphatic hydroxyl groups excluding tert-OH is 3. The Morgan fingerprint density at radius 1 is 1.32 bits per heavy atom. The summed E-state index contributed by atoms with van der Waals surface area (Å²) in [5, 5.41) is 28.4. The number of aromatic nitrogens is 2. The van der Waals surface area contributed by atoms with Crippen molar-refractivity contribution < 1.29 is 28.3 Å². The van der Waals surface area contributed by atoms with E-state index in [2.05, 4.69) is 15.3 Å². The molecule has 10 heteroatoms. The number of H-pyrrole nitrogens is 1. The van der Waals surface area contributed by atoms with Gasteiger partial charge in [0.2, 0.25) is 0 Å². The largest absolute Gasteiger partial charge is 0.394 e. The zero-order valence-corrected chi connectivity index (χ0v) is 10.8. The second kappa shape index (κ2) is 6.41. The Labute approximate surface area is 110 Å². The van der Waals surface area contributed by atoms with Crippen molar-refractivity contribution in [2.24, 2.45) is 0 Å². The number of aromatic amines is 1. The number of imidazole rings is 1. The molecule has 9 nitrogen and oxygen atoms in total. The van der Waals surface area contributed by atoms with Gasteiger partial charge in [0.25, 0.3) is 10.1 Å². The Kier molecular flexibility index (Phi) is 5.40. The third-order valence-electron chi connectivity index (χ3n) is 2.75. The van der Waals surface area contributed by atoms with Crippen molar-refractivity contribution in [1.29, 1.82) is 0 Å². The van der Waals surface area contributed by atoms with Crippen molar-refractivity contribution in [3.05, 3.63) is 18.2 Å². The van der Waals surface area contributed by atoms with Gasteiger partial charge in [-0.25, -0.2) is 4.98 Å². The van der Waals surface area contributed by atoms with Crippen molar-refractivity contribution >= 4 is 10.1 Å². The summed E-state index contributed by atoms with van der Waals surface area (Å²) in [5.41, 5.74) is -1.43. The van der Waals surface area contributed by atoms with E-state index in [0.29, 0.717) is 0 Å². The first-order chi connectivity index (χ1) is 8.88. The molecule has 0 aliphatic carbocycles. The van der Waals surface area contributed by atoms with Gasteiger partial charge in [-0.2, -0.15) is 8.42 Å². The molecule has 0 saturated heterocycles. The SMILES string of the molecule is O=S(=O)(O)C(CNC(CO)(CO)CO)c1ncc[nH]1. The van der Waals surface area contributed by atoms with E-state index in [0.717, 1.165) is 0 Å². The van der Waals surface area contributed by atoms with Crippen molar-refractivity contribution in [2.45, 2.75) is 10.8 Å². The van der Waals surface area contributed by atoms with Crippen molar-refractivity contribution in [3.8, 4) is 0 Å². The molecule has 0 aliphatic heterocycles. The Balaban J connectivity index is 2.87. The second-order valence-electron chi connectivity index (χ2n) is 4.11. The van der Waals surface area contributed by atoms with Crippen LogP contribution >= 0.6 is 0 Å². The highest BCUT2D eigenvalue weighted by molar-refractivity contribution is 7.86. The number of aliphatic hydroxyl groups is 3. The summed E-state index contributed by atoms with van der Waals surface area (Å²) >= 11 is 0. The molecule has 1 unspecified atom stereocenters. The van der Waals surface area contributed by atoms with Gasteiger partial charge in [-0.05, 0) is 0 Å². The first-order valence-electron chi connectivity index (χ1n) is 5.42. The van der Waals surface area contributed by atoms with Crippen LogP contribution in [-0.2, 0) is 10.1 Å². The number of nitrogens with zero attached hydrogens (tertiary/aromatic N) is 1. The smallest absolute Gasteiger partial charge is 0.276 e. The molecule has 0 spiro atoms. The molecular formula is C9H17N3O6S. The maximum Gasteiger partial charge on any atom is 0.276 e. The van der Waals surface area contributed by atoms with Crippen LogP contribution in [0.15, 0.2) is 12.4 Å². The van der Waals surface area contributed by atoms with Crippen molar-refractivity contribution in [2.75, 3.05) is 26.4 Å². The van der Waals surface area contributed by atoms with Gasteiger partial charge in [0.1, 0.15) is 5.82 Å². The van der Waals surface area contributed by atoms with E-state index in [-0.39, 0.29) is 12.4 Å². The molecule has 110 valence electrons. The van der Waals surface area contributed by atoms with E-state index < -0.39 is 40.7 Å². The predicted octanol–water partition coefficient (Wildman–Crippen LogP) is -2.36. The number of nitrogens with one attached hydrogen (secondary N) is 2. The zero-order chi connectivity index (χ0) is 14.5. The molecular weight excluding hydrogens is 278 g/mol. The maximum absolute atomic E-state index is 11.3. The lowest BCUT2D eigenvalue weighted by Crippen LogP contribution is -2.56. The number of hydrogen-bond acceptors (Lipinski definition) is 7. The molecule has 0 fully saturated rings. The first-order valence-corrected chi connectivity index (χ1v) is 6.92. The standard InChI is InChI=1S/C9H17N3O6S/c13-4-9(5-14,6-15)12-3-7(19(16,17)18)8-10-1-2-11-8/h1-2,7,12-15H,3-6H2,(H,10,11)(H,16,17,18). The Bertz CT molecular complexity index is 462. The first kappa shape index (κ1) is 16.0. The molecule has 1 aromatic rings. The van der Waals surface area contributed by atoms with E-state index >= 15 is 0 Å². The summed E-state index contributed by atoms with van der Waals surface area (Å²) in [6, 6.07) is 0. The lowest BCUT2D eigenvalue weighted by Gasteiger charge is -2.30. The van der Waals surface area contributed by atoms with Crippen molar-refractivity contribution in [3.63, 3.8) is 0 Å². The average molecular weight is 295 g/mol. The fourth-order valence-corrected chi connectivity index (χ4v) is 2.13. The minimum atomic E-state index is -4.44. The summed E-state index contributed by atoms with van der Waals surface area (Å²) in [6.45, 7) is -2.14. The van der Waals surface area contributed by atoms with Crippen molar-refractivity contribution in [1.82, 2.24) is 15.3 Å². The third kappa shape index (κ3) is 3.96. The Morgan fingerprint density at radius 2 is 1.89 bits per heavy atom. The normalized spacial score (nSPS) is 14.5. The average Bonchev–Trinajstić information content (AvgIpc) is 2.87. The summed E-state index contributed by atoms with van der Waals surface area (Å²) in [4.78, 5) is 6.30. The van der Waals surface area contributed by atoms with E-state index in [1.54, 1.807) is 0 Å². The maximum atomic E-state index is 11.3. The summed E-state index contributed by atoms with van der Waals surface area (Å²) in [7, 11) is -4.44. The molecule has 1 rings (SSSR count). The van der Waals surface area contributed by atoms with Gasteiger partial charge in [0.05, 0.1) is 25.4 Å². The Morgan fingerprint density at radius 3 is 2.26 bits per heavy atom. The van der Waals surface area contributed by atoms with Crippen LogP contribution in [0, 0.1) is 0 Å². The molecule has 0 aromatic carbocycles. The number of hydrogen-bond donors (Lipinski definition) is 6. The van der Waals surface area contributed by atoms with Crippen LogP contribution in [0.4, 0.5) is 0 Å². The fraction of sp³-hybridized carbons (Fsp3) is 0.667. The second-order valence-corrected chi connectivity index (χ2v) is 5.71. The minimum Gasteiger partial charge on any atom is -0.394 e. The molecule has 0 amide bonds. The fourth-order valence-electron chi connectivity index (χ4n) is 1.42. The highest BCUT2D eigenvalue weighted by Crippen LogP contribution is 2.17. The van der Waals surface area contributed by atoms with E-state index in [4.69, 9.17) is 19.9 Å². The van der Waals surface area contributed by atoms with Crippen LogP contribution in [0.3, 0.4) is 0 Å². The molecule has 1 heterocycles.